The number of carbonyl (C=O) groups is 2. The summed E-state index contributed by atoms with van der Waals surface area (Å²) in [5.41, 5.74) is 5.92. The number of hydrogen-bond donors (Lipinski definition) is 4. The third-order valence-corrected chi connectivity index (χ3v) is 4.47. The van der Waals surface area contributed by atoms with E-state index in [4.69, 9.17) is 29.7 Å². The highest BCUT2D eigenvalue weighted by atomic mass is 31.2. The van der Waals surface area contributed by atoms with Gasteiger partial charge in [-0.15, -0.1) is 0 Å². The number of urea groups is 1. The number of rotatable bonds is 6. The molecule has 2 heterocycles. The number of amides is 2. The molecule has 0 saturated carbocycles. The Hall–Kier alpha value is -2.27. The highest BCUT2D eigenvalue weighted by Gasteiger charge is 2.44. The van der Waals surface area contributed by atoms with Crippen LogP contribution in [0.3, 0.4) is 0 Å². The van der Waals surface area contributed by atoms with Crippen molar-refractivity contribution in [3.8, 4) is 0 Å². The van der Waals surface area contributed by atoms with Crippen LogP contribution in [0.2, 0.25) is 0 Å². The Balaban J connectivity index is 1.75. The second-order valence-electron chi connectivity index (χ2n) is 6.19. The molecule has 3 rings (SSSR count). The molecule has 5 N–H and O–H groups in total. The lowest BCUT2D eigenvalue weighted by Crippen LogP contribution is -2.55. The van der Waals surface area contributed by atoms with Gasteiger partial charge in [-0.1, -0.05) is 18.2 Å². The van der Waals surface area contributed by atoms with Crippen LogP contribution in [0.4, 0.5) is 4.79 Å². The van der Waals surface area contributed by atoms with Crippen molar-refractivity contribution in [3.05, 3.63) is 48.2 Å². The summed E-state index contributed by atoms with van der Waals surface area (Å²) >= 11 is 0. The zero-order valence-electron chi connectivity index (χ0n) is 14.6. The van der Waals surface area contributed by atoms with Crippen molar-refractivity contribution in [1.29, 1.82) is 0 Å². The van der Waals surface area contributed by atoms with Gasteiger partial charge in [-0.2, -0.15) is 0 Å². The third-order valence-electron chi connectivity index (χ3n) is 3.98. The van der Waals surface area contributed by atoms with Gasteiger partial charge in [0, 0.05) is 12.6 Å². The monoisotopic (exact) mass is 413 g/mol. The minimum absolute atomic E-state index is 0.0209. The molecule has 0 spiro atoms. The molecule has 0 aliphatic carbocycles. The van der Waals surface area contributed by atoms with Crippen LogP contribution in [0.15, 0.2) is 42.6 Å². The van der Waals surface area contributed by atoms with E-state index in [9.17, 15) is 14.2 Å². The molecule has 11 nitrogen and oxygen atoms in total. The Labute approximate surface area is 160 Å². The van der Waals surface area contributed by atoms with Crippen molar-refractivity contribution in [2.24, 2.45) is 5.73 Å². The number of benzene rings is 1. The quantitative estimate of drug-likeness (QED) is 0.379. The minimum Gasteiger partial charge on any atom is -0.454 e. The van der Waals surface area contributed by atoms with E-state index in [-0.39, 0.29) is 6.42 Å². The maximum atomic E-state index is 12.4. The molecule has 152 valence electrons. The molecule has 1 saturated heterocycles. The van der Waals surface area contributed by atoms with E-state index < -0.39 is 50.7 Å². The normalized spacial score (nSPS) is 27.5. The Kier molecular flexibility index (Phi) is 6.14. The predicted molar refractivity (Wildman–Crippen MR) is 94.4 cm³/mol. The standard InChI is InChI=1S/C16H20N3O8P/c17-12-6-7-19(16(21)18-12)14-11(8-13(27-14)25-9-28(22,23)24)26-15(20)10-4-2-1-3-5-10/h1-7,11-14H,8-9,17H2,(H,18,21)(H2,22,23,24)/t11-,12?,13-,14+/m0/s1. The van der Waals surface area contributed by atoms with Crippen molar-refractivity contribution in [1.82, 2.24) is 10.2 Å². The average Bonchev–Trinajstić information content (AvgIpc) is 3.03. The fourth-order valence-corrected chi connectivity index (χ4v) is 3.10. The van der Waals surface area contributed by atoms with Crippen LogP contribution in [-0.2, 0) is 18.8 Å². The van der Waals surface area contributed by atoms with Gasteiger partial charge in [0.25, 0.3) is 0 Å². The molecule has 2 aliphatic heterocycles. The van der Waals surface area contributed by atoms with Gasteiger partial charge in [0.05, 0.1) is 11.7 Å². The number of nitrogens with two attached hydrogens (primary N) is 1. The Morgan fingerprint density at radius 1 is 1.36 bits per heavy atom. The number of esters is 1. The Morgan fingerprint density at radius 3 is 2.71 bits per heavy atom. The van der Waals surface area contributed by atoms with E-state index >= 15 is 0 Å². The molecule has 1 aromatic carbocycles. The lowest BCUT2D eigenvalue weighted by Gasteiger charge is -2.32. The van der Waals surface area contributed by atoms with Crippen LogP contribution in [0, 0.1) is 0 Å². The number of ether oxygens (including phenoxy) is 3. The second kappa shape index (κ2) is 8.39. The van der Waals surface area contributed by atoms with Gasteiger partial charge in [0.1, 0.15) is 0 Å². The average molecular weight is 413 g/mol. The molecule has 1 fully saturated rings. The number of hydrogen-bond acceptors (Lipinski definition) is 7. The van der Waals surface area contributed by atoms with Gasteiger partial charge in [-0.05, 0) is 18.2 Å². The van der Waals surface area contributed by atoms with Crippen LogP contribution < -0.4 is 11.1 Å². The van der Waals surface area contributed by atoms with Gasteiger partial charge >= 0.3 is 19.6 Å². The summed E-state index contributed by atoms with van der Waals surface area (Å²) in [6.45, 7) is 0. The maximum Gasteiger partial charge on any atom is 0.351 e. The first-order valence-electron chi connectivity index (χ1n) is 8.33. The van der Waals surface area contributed by atoms with Gasteiger partial charge in [0.2, 0.25) is 0 Å². The second-order valence-corrected chi connectivity index (χ2v) is 7.77. The van der Waals surface area contributed by atoms with Crippen LogP contribution in [0.25, 0.3) is 0 Å². The molecule has 2 amide bonds. The molecule has 28 heavy (non-hydrogen) atoms. The fourth-order valence-electron chi connectivity index (χ4n) is 2.74. The predicted octanol–water partition coefficient (Wildman–Crippen LogP) is 0.260. The van der Waals surface area contributed by atoms with Crippen LogP contribution in [0.1, 0.15) is 16.8 Å². The zero-order valence-corrected chi connectivity index (χ0v) is 15.5. The number of nitrogens with zero attached hydrogens (tertiary/aromatic N) is 1. The molecule has 2 aliphatic rings. The van der Waals surface area contributed by atoms with E-state index in [1.807, 2.05) is 0 Å². The lowest BCUT2D eigenvalue weighted by atomic mass is 10.2. The van der Waals surface area contributed by atoms with E-state index in [0.717, 1.165) is 4.90 Å². The minimum atomic E-state index is -4.42. The molecule has 1 unspecified atom stereocenters. The SMILES string of the molecule is NC1C=CN([C@@H]2O[C@H](OCP(=O)(O)O)C[C@@H]2OC(=O)c2ccccc2)C(=O)N1. The first kappa shape index (κ1) is 20.5. The van der Waals surface area contributed by atoms with Gasteiger partial charge in [-0.3, -0.25) is 9.46 Å². The van der Waals surface area contributed by atoms with E-state index in [1.165, 1.54) is 12.3 Å². The van der Waals surface area contributed by atoms with Gasteiger partial charge in [0.15, 0.2) is 25.0 Å². The highest BCUT2D eigenvalue weighted by Crippen LogP contribution is 2.37. The van der Waals surface area contributed by atoms with Crippen molar-refractivity contribution < 1.29 is 38.2 Å². The summed E-state index contributed by atoms with van der Waals surface area (Å²) in [5.74, 6) is -0.632. The topological polar surface area (TPSA) is 161 Å². The van der Waals surface area contributed by atoms with Crippen molar-refractivity contribution in [2.45, 2.75) is 31.2 Å². The van der Waals surface area contributed by atoms with Crippen molar-refractivity contribution in [2.75, 3.05) is 6.35 Å². The molecule has 0 aromatic heterocycles. The summed E-state index contributed by atoms with van der Waals surface area (Å²) in [6, 6.07) is 7.66. The molecular formula is C16H20N3O8P. The summed E-state index contributed by atoms with van der Waals surface area (Å²) in [7, 11) is -4.42. The maximum absolute atomic E-state index is 12.4. The van der Waals surface area contributed by atoms with Crippen molar-refractivity contribution in [3.63, 3.8) is 0 Å². The van der Waals surface area contributed by atoms with Crippen LogP contribution in [0.5, 0.6) is 0 Å². The van der Waals surface area contributed by atoms with Gasteiger partial charge < -0.3 is 35.0 Å². The van der Waals surface area contributed by atoms with E-state index in [2.05, 4.69) is 5.32 Å². The molecule has 1 aromatic rings. The molecule has 12 heteroatoms. The smallest absolute Gasteiger partial charge is 0.351 e. The zero-order chi connectivity index (χ0) is 20.3. The molecule has 0 radical (unpaired) electrons. The van der Waals surface area contributed by atoms with Crippen LogP contribution >= 0.6 is 7.60 Å². The van der Waals surface area contributed by atoms with Crippen molar-refractivity contribution >= 4 is 19.6 Å². The van der Waals surface area contributed by atoms with Crippen LogP contribution in [-0.4, -0.2) is 57.8 Å². The van der Waals surface area contributed by atoms with E-state index in [1.54, 1.807) is 30.3 Å². The molecule has 0 bridgehead atoms. The summed E-state index contributed by atoms with van der Waals surface area (Å²) in [6.07, 6.45) is -1.73. The van der Waals surface area contributed by atoms with Gasteiger partial charge in [-0.25, -0.2) is 9.59 Å². The lowest BCUT2D eigenvalue weighted by molar-refractivity contribution is -0.150. The summed E-state index contributed by atoms with van der Waals surface area (Å²) in [5, 5.41) is 2.48. The fraction of sp³-hybridized carbons (Fsp3) is 0.375. The van der Waals surface area contributed by atoms with E-state index in [0.29, 0.717) is 5.56 Å². The molecular weight excluding hydrogens is 393 g/mol. The first-order chi connectivity index (χ1) is 13.2. The number of carbonyl (C=O) groups excluding carboxylic acids is 2. The Morgan fingerprint density at radius 2 is 2.07 bits per heavy atom. The summed E-state index contributed by atoms with van der Waals surface area (Å²) in [4.78, 5) is 43.7. The largest absolute Gasteiger partial charge is 0.454 e. The third kappa shape index (κ3) is 5.16. The Bertz CT molecular complexity index is 798. The highest BCUT2D eigenvalue weighted by molar-refractivity contribution is 7.51. The number of nitrogens with one attached hydrogen (secondary N) is 1. The summed E-state index contributed by atoms with van der Waals surface area (Å²) < 4.78 is 27.2. The first-order valence-corrected chi connectivity index (χ1v) is 10.1. The molecule has 4 atom stereocenters.